The van der Waals surface area contributed by atoms with E-state index in [4.69, 9.17) is 4.74 Å². The number of aromatic nitrogens is 1. The molecule has 1 amide bonds. The highest BCUT2D eigenvalue weighted by atomic mass is 16.5. The fourth-order valence-electron chi connectivity index (χ4n) is 2.39. The van der Waals surface area contributed by atoms with Crippen molar-refractivity contribution < 1.29 is 9.53 Å². The monoisotopic (exact) mass is 277 g/mol. The summed E-state index contributed by atoms with van der Waals surface area (Å²) in [7, 11) is 0. The van der Waals surface area contributed by atoms with Gasteiger partial charge >= 0.3 is 0 Å². The Hall–Kier alpha value is -1.62. The minimum atomic E-state index is -0.0422. The third-order valence-corrected chi connectivity index (χ3v) is 3.61. The average molecular weight is 277 g/mol. The van der Waals surface area contributed by atoms with Crippen LogP contribution >= 0.6 is 0 Å². The van der Waals surface area contributed by atoms with E-state index in [9.17, 15) is 4.79 Å². The van der Waals surface area contributed by atoms with Crippen LogP contribution in [-0.4, -0.2) is 48.1 Å². The van der Waals surface area contributed by atoms with E-state index >= 15 is 0 Å². The van der Waals surface area contributed by atoms with Crippen LogP contribution in [0.1, 0.15) is 37.2 Å². The Balaban J connectivity index is 1.97. The van der Waals surface area contributed by atoms with Gasteiger partial charge in [-0.1, -0.05) is 0 Å². The van der Waals surface area contributed by atoms with Crippen molar-refractivity contribution in [2.45, 2.75) is 32.7 Å². The molecule has 1 saturated heterocycles. The largest absolute Gasteiger partial charge is 0.492 e. The summed E-state index contributed by atoms with van der Waals surface area (Å²) in [4.78, 5) is 18.1. The van der Waals surface area contributed by atoms with Crippen LogP contribution in [0.5, 0.6) is 5.75 Å². The predicted octanol–water partition coefficient (Wildman–Crippen LogP) is 1.69. The summed E-state index contributed by atoms with van der Waals surface area (Å²) in [6, 6.07) is 3.95. The maximum absolute atomic E-state index is 12.2. The molecule has 5 heteroatoms. The van der Waals surface area contributed by atoms with Gasteiger partial charge in [0.2, 0.25) is 0 Å². The van der Waals surface area contributed by atoms with Gasteiger partial charge in [-0.05, 0) is 39.3 Å². The van der Waals surface area contributed by atoms with Crippen LogP contribution in [0.15, 0.2) is 18.3 Å². The van der Waals surface area contributed by atoms with Crippen molar-refractivity contribution >= 4 is 5.91 Å². The minimum Gasteiger partial charge on any atom is -0.492 e. The first-order valence-electron chi connectivity index (χ1n) is 7.36. The van der Waals surface area contributed by atoms with Gasteiger partial charge < -0.3 is 15.0 Å². The normalized spacial score (nSPS) is 18.0. The maximum Gasteiger partial charge on any atom is 0.272 e. The quantitative estimate of drug-likeness (QED) is 0.860. The number of rotatable bonds is 6. The zero-order valence-corrected chi connectivity index (χ0v) is 12.3. The number of hydrogen-bond acceptors (Lipinski definition) is 4. The SMILES string of the molecule is CCN(CC)C(=O)c1cc(OCC2CCCN2)ccn1. The Labute approximate surface area is 120 Å². The smallest absolute Gasteiger partial charge is 0.272 e. The van der Waals surface area contributed by atoms with Crippen LogP contribution in [0, 0.1) is 0 Å². The van der Waals surface area contributed by atoms with Gasteiger partial charge in [0.15, 0.2) is 0 Å². The van der Waals surface area contributed by atoms with E-state index in [1.165, 1.54) is 6.42 Å². The van der Waals surface area contributed by atoms with Crippen LogP contribution in [0.25, 0.3) is 0 Å². The molecule has 0 aromatic carbocycles. The highest BCUT2D eigenvalue weighted by Gasteiger charge is 2.16. The number of carbonyl (C=O) groups excluding carboxylic acids is 1. The molecule has 1 atom stereocenters. The molecule has 0 aliphatic carbocycles. The van der Waals surface area contributed by atoms with E-state index in [2.05, 4.69) is 10.3 Å². The van der Waals surface area contributed by atoms with Crippen molar-refractivity contribution in [3.05, 3.63) is 24.0 Å². The van der Waals surface area contributed by atoms with Crippen LogP contribution < -0.4 is 10.1 Å². The van der Waals surface area contributed by atoms with Gasteiger partial charge in [-0.3, -0.25) is 9.78 Å². The van der Waals surface area contributed by atoms with Crippen molar-refractivity contribution in [3.63, 3.8) is 0 Å². The lowest BCUT2D eigenvalue weighted by atomic mass is 10.2. The second-order valence-corrected chi connectivity index (χ2v) is 4.96. The van der Waals surface area contributed by atoms with Gasteiger partial charge in [0, 0.05) is 31.4 Å². The Bertz CT molecular complexity index is 440. The summed E-state index contributed by atoms with van der Waals surface area (Å²) in [5.41, 5.74) is 0.450. The van der Waals surface area contributed by atoms with Crippen LogP contribution in [-0.2, 0) is 0 Å². The standard InChI is InChI=1S/C15H23N3O2/c1-3-18(4-2)15(19)14-10-13(7-9-17-14)20-11-12-6-5-8-16-12/h7,9-10,12,16H,3-6,8,11H2,1-2H3. The van der Waals surface area contributed by atoms with Crippen molar-refractivity contribution in [3.8, 4) is 5.75 Å². The van der Waals surface area contributed by atoms with Crippen LogP contribution in [0.4, 0.5) is 0 Å². The number of hydrogen-bond donors (Lipinski definition) is 1. The number of carbonyl (C=O) groups is 1. The Kier molecular flexibility index (Phi) is 5.35. The number of nitrogens with zero attached hydrogens (tertiary/aromatic N) is 2. The van der Waals surface area contributed by atoms with Gasteiger partial charge in [-0.2, -0.15) is 0 Å². The second kappa shape index (κ2) is 7.24. The van der Waals surface area contributed by atoms with Crippen molar-refractivity contribution in [1.29, 1.82) is 0 Å². The number of amides is 1. The van der Waals surface area contributed by atoms with Gasteiger partial charge in [0.25, 0.3) is 5.91 Å². The predicted molar refractivity (Wildman–Crippen MR) is 78.0 cm³/mol. The van der Waals surface area contributed by atoms with E-state index in [1.807, 2.05) is 13.8 Å². The molecule has 1 aliphatic heterocycles. The van der Waals surface area contributed by atoms with E-state index in [-0.39, 0.29) is 5.91 Å². The lowest BCUT2D eigenvalue weighted by Crippen LogP contribution is -2.31. The Morgan fingerprint density at radius 2 is 2.30 bits per heavy atom. The molecule has 0 spiro atoms. The zero-order valence-electron chi connectivity index (χ0n) is 12.3. The molecule has 2 heterocycles. The van der Waals surface area contributed by atoms with Crippen molar-refractivity contribution in [2.75, 3.05) is 26.2 Å². The molecular formula is C15H23N3O2. The highest BCUT2D eigenvalue weighted by molar-refractivity contribution is 5.92. The second-order valence-electron chi connectivity index (χ2n) is 4.96. The first-order valence-corrected chi connectivity index (χ1v) is 7.36. The third kappa shape index (κ3) is 3.70. The molecule has 0 bridgehead atoms. The summed E-state index contributed by atoms with van der Waals surface area (Å²) in [5.74, 6) is 0.670. The van der Waals surface area contributed by atoms with Gasteiger partial charge in [-0.15, -0.1) is 0 Å². The molecule has 2 rings (SSSR count). The van der Waals surface area contributed by atoms with E-state index in [0.29, 0.717) is 37.2 Å². The molecule has 1 fully saturated rings. The first kappa shape index (κ1) is 14.8. The fourth-order valence-corrected chi connectivity index (χ4v) is 2.39. The molecule has 1 N–H and O–H groups in total. The summed E-state index contributed by atoms with van der Waals surface area (Å²) < 4.78 is 5.75. The lowest BCUT2D eigenvalue weighted by molar-refractivity contribution is 0.0766. The maximum atomic E-state index is 12.2. The van der Waals surface area contributed by atoms with Gasteiger partial charge in [0.05, 0.1) is 0 Å². The van der Waals surface area contributed by atoms with E-state index < -0.39 is 0 Å². The topological polar surface area (TPSA) is 54.5 Å². The molecule has 110 valence electrons. The third-order valence-electron chi connectivity index (χ3n) is 3.61. The molecule has 0 radical (unpaired) electrons. The zero-order chi connectivity index (χ0) is 14.4. The summed E-state index contributed by atoms with van der Waals surface area (Å²) in [5, 5.41) is 3.38. The fraction of sp³-hybridized carbons (Fsp3) is 0.600. The van der Waals surface area contributed by atoms with E-state index in [0.717, 1.165) is 13.0 Å². The average Bonchev–Trinajstić information content (AvgIpc) is 3.00. The van der Waals surface area contributed by atoms with E-state index in [1.54, 1.807) is 23.2 Å². The number of pyridine rings is 1. The molecule has 1 aliphatic rings. The Morgan fingerprint density at radius 3 is 2.95 bits per heavy atom. The summed E-state index contributed by atoms with van der Waals surface area (Å²) >= 11 is 0. The first-order chi connectivity index (χ1) is 9.74. The highest BCUT2D eigenvalue weighted by Crippen LogP contribution is 2.14. The number of nitrogens with one attached hydrogen (secondary N) is 1. The van der Waals surface area contributed by atoms with Gasteiger partial charge in [0.1, 0.15) is 18.1 Å². The molecular weight excluding hydrogens is 254 g/mol. The van der Waals surface area contributed by atoms with Crippen molar-refractivity contribution in [2.24, 2.45) is 0 Å². The lowest BCUT2D eigenvalue weighted by Gasteiger charge is -2.18. The molecule has 5 nitrogen and oxygen atoms in total. The summed E-state index contributed by atoms with van der Waals surface area (Å²) in [6.07, 6.45) is 3.99. The molecule has 1 aromatic rings. The van der Waals surface area contributed by atoms with Gasteiger partial charge in [-0.25, -0.2) is 0 Å². The van der Waals surface area contributed by atoms with Crippen LogP contribution in [0.2, 0.25) is 0 Å². The molecule has 20 heavy (non-hydrogen) atoms. The van der Waals surface area contributed by atoms with Crippen molar-refractivity contribution in [1.82, 2.24) is 15.2 Å². The molecule has 1 unspecified atom stereocenters. The number of ether oxygens (including phenoxy) is 1. The Morgan fingerprint density at radius 1 is 1.50 bits per heavy atom. The molecule has 0 saturated carbocycles. The minimum absolute atomic E-state index is 0.0422. The molecule has 1 aromatic heterocycles. The van der Waals surface area contributed by atoms with Crippen LogP contribution in [0.3, 0.4) is 0 Å². The summed E-state index contributed by atoms with van der Waals surface area (Å²) in [6.45, 7) is 7.02.